The molecule has 1 aliphatic carbocycles. The topological polar surface area (TPSA) is 20.9 Å². The van der Waals surface area contributed by atoms with E-state index in [1.54, 1.807) is 0 Å². The predicted molar refractivity (Wildman–Crippen MR) is 72.5 cm³/mol. The van der Waals surface area contributed by atoms with Crippen LogP contribution in [0.15, 0.2) is 24.5 Å². The standard InChI is InChI=1S/C16H24NO.Y/c1-3-16(18)13(2)17-11-7-10-15(12-17)14-8-5-4-6-9-14;/h7,10-14H,3-6,8-9H2,1-2H3;/q+1;. The van der Waals surface area contributed by atoms with Gasteiger partial charge in [0.05, 0.1) is 0 Å². The number of carbonyl (C=O) groups is 1. The molecule has 1 aromatic rings. The van der Waals surface area contributed by atoms with Gasteiger partial charge in [-0.15, -0.1) is 0 Å². The molecule has 0 saturated heterocycles. The summed E-state index contributed by atoms with van der Waals surface area (Å²) in [5.41, 5.74) is 1.41. The van der Waals surface area contributed by atoms with Gasteiger partial charge in [0.1, 0.15) is 0 Å². The molecule has 0 aliphatic heterocycles. The molecule has 0 amide bonds. The van der Waals surface area contributed by atoms with E-state index in [2.05, 4.69) is 22.9 Å². The molecule has 0 spiro atoms. The fourth-order valence-electron chi connectivity index (χ4n) is 2.89. The fraction of sp³-hybridized carbons (Fsp3) is 0.625. The Hall–Kier alpha value is -0.0761. The summed E-state index contributed by atoms with van der Waals surface area (Å²) >= 11 is 0. The maximum atomic E-state index is 11.8. The molecule has 19 heavy (non-hydrogen) atoms. The third kappa shape index (κ3) is 4.46. The summed E-state index contributed by atoms with van der Waals surface area (Å²) in [6.45, 7) is 3.93. The van der Waals surface area contributed by atoms with Crippen molar-refractivity contribution in [2.24, 2.45) is 0 Å². The third-order valence-electron chi connectivity index (χ3n) is 4.18. The average Bonchev–Trinajstić information content (AvgIpc) is 2.46. The Morgan fingerprint density at radius 2 is 2.05 bits per heavy atom. The van der Waals surface area contributed by atoms with Crippen molar-refractivity contribution in [3.05, 3.63) is 30.1 Å². The number of pyridine rings is 1. The molecule has 2 rings (SSSR count). The Bertz CT molecular complexity index is 413. The summed E-state index contributed by atoms with van der Waals surface area (Å²) in [4.78, 5) is 11.8. The first-order chi connectivity index (χ1) is 8.72. The monoisotopic (exact) mass is 335 g/mol. The van der Waals surface area contributed by atoms with Gasteiger partial charge < -0.3 is 0 Å². The van der Waals surface area contributed by atoms with Crippen LogP contribution in [-0.2, 0) is 37.5 Å². The van der Waals surface area contributed by atoms with Gasteiger partial charge in [0.2, 0.25) is 6.04 Å². The van der Waals surface area contributed by atoms with Crippen molar-refractivity contribution < 1.29 is 42.1 Å². The van der Waals surface area contributed by atoms with Crippen LogP contribution in [0.2, 0.25) is 0 Å². The molecule has 3 heteroatoms. The molecule has 2 nitrogen and oxygen atoms in total. The fourth-order valence-corrected chi connectivity index (χ4v) is 2.89. The number of carbonyl (C=O) groups excluding carboxylic acids is 1. The van der Waals surface area contributed by atoms with Gasteiger partial charge in [0.25, 0.3) is 0 Å². The summed E-state index contributed by atoms with van der Waals surface area (Å²) < 4.78 is 2.08. The van der Waals surface area contributed by atoms with Gasteiger partial charge in [-0.25, -0.2) is 0 Å². The average molecular weight is 335 g/mol. The van der Waals surface area contributed by atoms with Crippen LogP contribution in [-0.4, -0.2) is 5.78 Å². The largest absolute Gasteiger partial charge is 0.292 e. The molecular weight excluding hydrogens is 311 g/mol. The number of aromatic nitrogens is 1. The van der Waals surface area contributed by atoms with Gasteiger partial charge in [-0.05, 0) is 24.8 Å². The summed E-state index contributed by atoms with van der Waals surface area (Å²) in [6.07, 6.45) is 11.5. The van der Waals surface area contributed by atoms with Crippen molar-refractivity contribution >= 4 is 5.78 Å². The minimum Gasteiger partial charge on any atom is -0.292 e. The summed E-state index contributed by atoms with van der Waals surface area (Å²) in [7, 11) is 0. The second-order valence-electron chi connectivity index (χ2n) is 5.42. The van der Waals surface area contributed by atoms with Gasteiger partial charge >= 0.3 is 0 Å². The van der Waals surface area contributed by atoms with Crippen LogP contribution in [0.5, 0.6) is 0 Å². The van der Waals surface area contributed by atoms with Crippen LogP contribution in [0.25, 0.3) is 0 Å². The molecular formula is C16H24NOY+. The molecule has 1 heterocycles. The molecule has 1 unspecified atom stereocenters. The first-order valence-corrected chi connectivity index (χ1v) is 7.25. The second-order valence-corrected chi connectivity index (χ2v) is 5.42. The van der Waals surface area contributed by atoms with E-state index in [-0.39, 0.29) is 38.8 Å². The van der Waals surface area contributed by atoms with E-state index in [1.165, 1.54) is 37.7 Å². The molecule has 1 atom stereocenters. The van der Waals surface area contributed by atoms with Crippen molar-refractivity contribution in [2.45, 2.75) is 64.3 Å². The molecule has 0 bridgehead atoms. The second kappa shape index (κ2) is 8.26. The Balaban J connectivity index is 0.00000180. The van der Waals surface area contributed by atoms with Crippen molar-refractivity contribution in [1.82, 2.24) is 0 Å². The number of hydrogen-bond donors (Lipinski definition) is 0. The van der Waals surface area contributed by atoms with Gasteiger partial charge in [-0.2, -0.15) is 4.57 Å². The number of rotatable bonds is 4. The molecule has 1 radical (unpaired) electrons. The number of ketones is 1. The van der Waals surface area contributed by atoms with Crippen LogP contribution in [0, 0.1) is 0 Å². The summed E-state index contributed by atoms with van der Waals surface area (Å²) in [5.74, 6) is 1.01. The van der Waals surface area contributed by atoms with E-state index >= 15 is 0 Å². The smallest absolute Gasteiger partial charge is 0.213 e. The molecule has 1 aliphatic rings. The zero-order chi connectivity index (χ0) is 13.0. The quantitative estimate of drug-likeness (QED) is 0.771. The Labute approximate surface area is 141 Å². The number of nitrogens with zero attached hydrogens (tertiary/aromatic N) is 1. The first kappa shape index (κ1) is 17.0. The molecule has 1 fully saturated rings. The van der Waals surface area contributed by atoms with E-state index in [4.69, 9.17) is 0 Å². The SMILES string of the molecule is CCC(=O)C(C)[n+]1cccc(C2CCCCC2)c1.[Y]. The minimum atomic E-state index is -0.0291. The van der Waals surface area contributed by atoms with E-state index in [0.29, 0.717) is 18.1 Å². The van der Waals surface area contributed by atoms with Crippen molar-refractivity contribution in [3.63, 3.8) is 0 Å². The normalized spacial score (nSPS) is 17.6. The summed E-state index contributed by atoms with van der Waals surface area (Å²) in [5, 5.41) is 0. The Morgan fingerprint density at radius 3 is 2.68 bits per heavy atom. The van der Waals surface area contributed by atoms with E-state index in [1.807, 2.05) is 20.0 Å². The van der Waals surface area contributed by atoms with Crippen LogP contribution in [0.1, 0.15) is 69.9 Å². The summed E-state index contributed by atoms with van der Waals surface area (Å²) in [6, 6.07) is 4.28. The van der Waals surface area contributed by atoms with Crippen LogP contribution in [0.3, 0.4) is 0 Å². The third-order valence-corrected chi connectivity index (χ3v) is 4.18. The minimum absolute atomic E-state index is 0. The Kier molecular flexibility index (Phi) is 7.38. The maximum absolute atomic E-state index is 11.8. The van der Waals surface area contributed by atoms with E-state index in [9.17, 15) is 4.79 Å². The predicted octanol–water partition coefficient (Wildman–Crippen LogP) is 3.56. The molecule has 1 aromatic heterocycles. The van der Waals surface area contributed by atoms with Gasteiger partial charge in [0, 0.05) is 57.7 Å². The zero-order valence-electron chi connectivity index (χ0n) is 12.1. The Morgan fingerprint density at radius 1 is 1.37 bits per heavy atom. The molecule has 1 saturated carbocycles. The zero-order valence-corrected chi connectivity index (χ0v) is 15.0. The molecule has 0 aromatic carbocycles. The van der Waals surface area contributed by atoms with Crippen molar-refractivity contribution in [3.8, 4) is 0 Å². The van der Waals surface area contributed by atoms with Gasteiger partial charge in [0.15, 0.2) is 18.2 Å². The maximum Gasteiger partial charge on any atom is 0.213 e. The molecule has 101 valence electrons. The van der Waals surface area contributed by atoms with E-state index in [0.717, 1.165) is 0 Å². The van der Waals surface area contributed by atoms with Gasteiger partial charge in [-0.3, -0.25) is 4.79 Å². The van der Waals surface area contributed by atoms with Crippen LogP contribution in [0.4, 0.5) is 0 Å². The number of Topliss-reactive ketones (excluding diaryl/α,β-unsaturated/α-hetero) is 1. The number of hydrogen-bond acceptors (Lipinski definition) is 1. The van der Waals surface area contributed by atoms with Crippen LogP contribution < -0.4 is 4.57 Å². The van der Waals surface area contributed by atoms with Crippen molar-refractivity contribution in [2.75, 3.05) is 0 Å². The van der Waals surface area contributed by atoms with Crippen molar-refractivity contribution in [1.29, 1.82) is 0 Å². The van der Waals surface area contributed by atoms with E-state index < -0.39 is 0 Å². The van der Waals surface area contributed by atoms with Crippen LogP contribution >= 0.6 is 0 Å². The first-order valence-electron chi connectivity index (χ1n) is 7.25. The molecule has 0 N–H and O–H groups in total. The van der Waals surface area contributed by atoms with Gasteiger partial charge in [-0.1, -0.05) is 26.2 Å².